The average Bonchev–Trinajstić information content (AvgIpc) is 0.817. The molecule has 0 bridgehead atoms. The number of phosphoric ester groups is 1. The van der Waals surface area contributed by atoms with Crippen molar-refractivity contribution in [1.82, 2.24) is 31.9 Å². The Hall–Kier alpha value is -5.07. The first-order valence-corrected chi connectivity index (χ1v) is 42.5. The highest BCUT2D eigenvalue weighted by molar-refractivity contribution is 7.47. The molecule has 674 valence electrons. The Labute approximate surface area is 682 Å². The van der Waals surface area contributed by atoms with Gasteiger partial charge in [0.25, 0.3) is 0 Å². The molecular formula is C78H141N6O31P. The van der Waals surface area contributed by atoms with Gasteiger partial charge in [0.2, 0.25) is 35.4 Å². The summed E-state index contributed by atoms with van der Waals surface area (Å²) in [5.41, 5.74) is -1.46. The molecule has 16 N–H and O–H groups in total. The van der Waals surface area contributed by atoms with Crippen LogP contribution in [0.1, 0.15) is 227 Å². The molecule has 37 nitrogen and oxygen atoms in total. The van der Waals surface area contributed by atoms with Crippen LogP contribution < -0.4 is 31.9 Å². The normalized spacial score (nSPS) is 24.3. The standard InChI is InChI=1S/C77H137N6O31P.CH4/c1-52-60(45-55(46-84)70(98)69(52)97)109-38-18-13-27-56(89)23-9-7-11-25-58(91)32-42-106-49-77(83-66(96)31-21-30-64(94)78-35-16-5-6-17-41-112-115(103,104)105-4,50-107-43-33-59(92)26-12-8-10-24-57(90)28-14-19-39-110-75-67(81-53(2)87)73(101)71(99)61(47-85)113-75)51-108-44-34-65(95)80-37-22-36-79-63(93)29-15-20-40-111-76-68(82-54(3)88)74(102)72(100)62(48-86)114-76;/h52,55,60-62,67-76,84-86,97-102H,5-51H2,1-4H3,(H,78,94)(H,79,93)(H,80,95)(H,81,87)(H,82,88)(H,83,96)(H,103,104);1H4/t52?,55?,60-,61?,62?,67?,68?,69-,70+,71+,72+,73-,74-,75-,76-,77?;/m1./s1. The molecule has 0 aromatic carbocycles. The molecule has 0 aromatic heterocycles. The lowest BCUT2D eigenvalue weighted by atomic mass is 9.77. The number of Topliss-reactive ketones (excluding diaryl/α,β-unsaturated/α-hetero) is 4. The fraction of sp³-hybridized carbons (Fsp3) is 0.872. The lowest BCUT2D eigenvalue weighted by Gasteiger charge is -2.42. The first-order chi connectivity index (χ1) is 55.0. The van der Waals surface area contributed by atoms with E-state index in [0.717, 1.165) is 7.11 Å². The summed E-state index contributed by atoms with van der Waals surface area (Å²) in [6, 6.07) is -2.18. The van der Waals surface area contributed by atoms with Gasteiger partial charge in [0.05, 0.1) is 77.8 Å². The van der Waals surface area contributed by atoms with E-state index in [9.17, 15) is 103 Å². The maximum atomic E-state index is 14.0. The van der Waals surface area contributed by atoms with Crippen LogP contribution in [0.3, 0.4) is 0 Å². The fourth-order valence-corrected chi connectivity index (χ4v) is 13.8. The zero-order chi connectivity index (χ0) is 85.0. The number of amides is 6. The number of ketones is 4. The Morgan fingerprint density at radius 2 is 0.784 bits per heavy atom. The molecule has 38 heteroatoms. The molecule has 0 spiro atoms. The molecule has 8 unspecified atom stereocenters. The second-order valence-corrected chi connectivity index (χ2v) is 31.6. The van der Waals surface area contributed by atoms with Crippen LogP contribution in [0, 0.1) is 11.8 Å². The molecule has 3 fully saturated rings. The van der Waals surface area contributed by atoms with Crippen LogP contribution in [0.25, 0.3) is 0 Å². The van der Waals surface area contributed by atoms with Crippen molar-refractivity contribution in [2.45, 2.75) is 312 Å². The Morgan fingerprint density at radius 1 is 0.414 bits per heavy atom. The zero-order valence-electron chi connectivity index (χ0n) is 67.9. The second kappa shape index (κ2) is 62.1. The van der Waals surface area contributed by atoms with E-state index in [1.54, 1.807) is 6.92 Å². The molecular weight excluding hydrogens is 1550 g/mol. The van der Waals surface area contributed by atoms with Crippen LogP contribution in [-0.2, 0) is 99.5 Å². The Kier molecular flexibility index (Phi) is 57.3. The fourth-order valence-electron chi connectivity index (χ4n) is 13.3. The SMILES string of the molecule is C.COP(=O)(O)OCCCCCCNC(=O)CCCC(=O)NC(COCCC(=O)CCCCCC(=O)CCCCO[C@@H]1OC(CO)[C@H](O)[C@H](O)C1NC(C)=O)(COCCC(=O)CCCCCC(=O)CCCCO[C@@H]1CC(CO)[C@H](O)[C@H](O)C1C)COCCC(=O)NCCCNC(=O)CCCCO[C@@H]1OC(CO)[C@H](O)[C@H](O)C1NC(C)=O. The van der Waals surface area contributed by atoms with Crippen molar-refractivity contribution in [1.29, 1.82) is 0 Å². The van der Waals surface area contributed by atoms with Crippen LogP contribution in [0.5, 0.6) is 0 Å². The predicted molar refractivity (Wildman–Crippen MR) is 419 cm³/mol. The van der Waals surface area contributed by atoms with Crippen molar-refractivity contribution in [3.05, 3.63) is 0 Å². The van der Waals surface area contributed by atoms with Crippen LogP contribution in [-0.4, -0.2) is 307 Å². The number of carbonyl (C=O) groups is 10. The van der Waals surface area contributed by atoms with Gasteiger partial charge in [-0.05, 0) is 96.3 Å². The number of ether oxygens (including phenoxy) is 8. The first-order valence-electron chi connectivity index (χ1n) is 41.0. The van der Waals surface area contributed by atoms with E-state index in [1.807, 2.05) is 0 Å². The summed E-state index contributed by atoms with van der Waals surface area (Å²) >= 11 is 0. The topological polar surface area (TPSA) is 555 Å². The lowest BCUT2D eigenvalue weighted by molar-refractivity contribution is -0.270. The summed E-state index contributed by atoms with van der Waals surface area (Å²) in [6.07, 6.45) is -1.33. The van der Waals surface area contributed by atoms with Crippen molar-refractivity contribution >= 4 is 66.4 Å². The van der Waals surface area contributed by atoms with E-state index < -0.39 is 124 Å². The molecule has 17 atom stereocenters. The lowest BCUT2D eigenvalue weighted by Crippen LogP contribution is -2.64. The first kappa shape index (κ1) is 107. The minimum absolute atomic E-state index is 0. The summed E-state index contributed by atoms with van der Waals surface area (Å²) in [4.78, 5) is 137. The summed E-state index contributed by atoms with van der Waals surface area (Å²) in [5.74, 6) is -3.30. The van der Waals surface area contributed by atoms with Gasteiger partial charge in [-0.1, -0.05) is 40.0 Å². The highest BCUT2D eigenvalue weighted by atomic mass is 31.2. The van der Waals surface area contributed by atoms with E-state index in [2.05, 4.69) is 36.4 Å². The van der Waals surface area contributed by atoms with Crippen molar-refractivity contribution in [2.75, 3.05) is 113 Å². The molecule has 6 amide bonds. The van der Waals surface area contributed by atoms with Crippen LogP contribution in [0.4, 0.5) is 0 Å². The van der Waals surface area contributed by atoms with Gasteiger partial charge in [0.15, 0.2) is 12.6 Å². The van der Waals surface area contributed by atoms with E-state index >= 15 is 0 Å². The van der Waals surface area contributed by atoms with Crippen molar-refractivity contribution in [2.24, 2.45) is 11.8 Å². The number of phosphoric acid groups is 1. The van der Waals surface area contributed by atoms with Gasteiger partial charge in [-0.3, -0.25) is 57.0 Å². The number of carbonyl (C=O) groups excluding carboxylic acids is 10. The maximum absolute atomic E-state index is 14.0. The van der Waals surface area contributed by atoms with Crippen LogP contribution in [0.15, 0.2) is 0 Å². The minimum atomic E-state index is -4.07. The highest BCUT2D eigenvalue weighted by Gasteiger charge is 2.47. The maximum Gasteiger partial charge on any atom is 0.471 e. The molecule has 0 radical (unpaired) electrons. The number of aliphatic hydroxyl groups is 9. The molecule has 1 aliphatic carbocycles. The quantitative estimate of drug-likeness (QED) is 0.0301. The smallest absolute Gasteiger partial charge is 0.396 e. The Balaban J connectivity index is 0.0000456. The third-order valence-corrected chi connectivity index (χ3v) is 21.2. The number of unbranched alkanes of at least 4 members (excludes halogenated alkanes) is 10. The Morgan fingerprint density at radius 3 is 1.22 bits per heavy atom. The van der Waals surface area contributed by atoms with Gasteiger partial charge in [0, 0.05) is 156 Å². The van der Waals surface area contributed by atoms with Crippen molar-refractivity contribution in [3.8, 4) is 0 Å². The van der Waals surface area contributed by atoms with Crippen LogP contribution >= 0.6 is 7.82 Å². The van der Waals surface area contributed by atoms with Gasteiger partial charge < -0.3 is 121 Å². The largest absolute Gasteiger partial charge is 0.471 e. The summed E-state index contributed by atoms with van der Waals surface area (Å²) < 4.78 is 67.7. The number of hydrogen-bond donors (Lipinski definition) is 16. The van der Waals surface area contributed by atoms with Crippen molar-refractivity contribution in [3.63, 3.8) is 0 Å². The average molecular weight is 1690 g/mol. The molecule has 2 heterocycles. The third-order valence-electron chi connectivity index (χ3n) is 20.2. The summed E-state index contributed by atoms with van der Waals surface area (Å²) in [6.45, 7) is 3.13. The van der Waals surface area contributed by atoms with Gasteiger partial charge in [-0.25, -0.2) is 4.57 Å². The molecule has 116 heavy (non-hydrogen) atoms. The monoisotopic (exact) mass is 1690 g/mol. The van der Waals surface area contributed by atoms with Crippen LogP contribution in [0.2, 0.25) is 0 Å². The molecule has 1 saturated carbocycles. The van der Waals surface area contributed by atoms with Gasteiger partial charge in [-0.2, -0.15) is 0 Å². The van der Waals surface area contributed by atoms with E-state index in [-0.39, 0.29) is 204 Å². The highest BCUT2D eigenvalue weighted by Crippen LogP contribution is 2.42. The van der Waals surface area contributed by atoms with Gasteiger partial charge >= 0.3 is 7.82 Å². The second-order valence-electron chi connectivity index (χ2n) is 30.1. The number of hydrogen-bond acceptors (Lipinski definition) is 30. The predicted octanol–water partition coefficient (Wildman–Crippen LogP) is 1.29. The van der Waals surface area contributed by atoms with Gasteiger partial charge in [-0.15, -0.1) is 0 Å². The van der Waals surface area contributed by atoms with E-state index in [1.165, 1.54) is 13.8 Å². The molecule has 0 aromatic rings. The molecule has 2 saturated heterocycles. The molecule has 3 rings (SSSR count). The molecule has 2 aliphatic heterocycles. The summed E-state index contributed by atoms with van der Waals surface area (Å²) in [7, 11) is -3.00. The van der Waals surface area contributed by atoms with Crippen molar-refractivity contribution < 1.29 is 150 Å². The number of rotatable bonds is 68. The molecule has 3 aliphatic rings. The summed E-state index contributed by atoms with van der Waals surface area (Å²) in [5, 5.41) is 107. The Bertz CT molecular complexity index is 2750. The van der Waals surface area contributed by atoms with E-state index in [0.29, 0.717) is 148 Å². The zero-order valence-corrected chi connectivity index (χ0v) is 68.8. The number of aliphatic hydroxyl groups excluding tert-OH is 9. The van der Waals surface area contributed by atoms with Gasteiger partial charge in [0.1, 0.15) is 77.4 Å². The van der Waals surface area contributed by atoms with E-state index in [4.69, 9.17) is 42.4 Å². The number of nitrogens with one attached hydrogen (secondary N) is 6. The minimum Gasteiger partial charge on any atom is -0.396 e. The third kappa shape index (κ3) is 45.5.